The molecular formula is C16H13N7. The van der Waals surface area contributed by atoms with Gasteiger partial charge in [-0.3, -0.25) is 0 Å². The van der Waals surface area contributed by atoms with Crippen molar-refractivity contribution < 1.29 is 0 Å². The lowest BCUT2D eigenvalue weighted by atomic mass is 10.0. The van der Waals surface area contributed by atoms with E-state index in [1.807, 2.05) is 16.8 Å². The van der Waals surface area contributed by atoms with Crippen LogP contribution in [0.25, 0.3) is 11.0 Å². The number of imidazole rings is 1. The van der Waals surface area contributed by atoms with E-state index in [-0.39, 0.29) is 6.04 Å². The molecule has 1 atom stereocenters. The lowest BCUT2D eigenvalue weighted by Gasteiger charge is -2.25. The Morgan fingerprint density at radius 1 is 1.35 bits per heavy atom. The van der Waals surface area contributed by atoms with E-state index in [9.17, 15) is 5.26 Å². The summed E-state index contributed by atoms with van der Waals surface area (Å²) in [6.45, 7) is 0.810. The zero-order valence-corrected chi connectivity index (χ0v) is 12.2. The summed E-state index contributed by atoms with van der Waals surface area (Å²) in [5.41, 5.74) is 2.55. The molecule has 0 saturated heterocycles. The van der Waals surface area contributed by atoms with Crippen LogP contribution in [0.4, 0.5) is 5.69 Å². The molecule has 0 aliphatic carbocycles. The molecule has 4 rings (SSSR count). The Morgan fingerprint density at radius 2 is 2.26 bits per heavy atom. The summed E-state index contributed by atoms with van der Waals surface area (Å²) in [6.07, 6.45) is 6.83. The van der Waals surface area contributed by atoms with E-state index in [4.69, 9.17) is 5.26 Å². The van der Waals surface area contributed by atoms with Crippen LogP contribution in [0.2, 0.25) is 0 Å². The fourth-order valence-electron chi connectivity index (χ4n) is 3.06. The standard InChI is InChI=1S/C16H13N7/c17-6-10-8-20-16-13(1-3-19-16)15(10)22-11-2-4-23-9-12(7-18)21-14(23)5-11/h1,3,8-9,11H,2,4-5H2,(H2,19,20,22). The second kappa shape index (κ2) is 5.15. The quantitative estimate of drug-likeness (QED) is 0.752. The number of aromatic amines is 1. The third kappa shape index (κ3) is 2.19. The van der Waals surface area contributed by atoms with Crippen molar-refractivity contribution in [2.24, 2.45) is 0 Å². The minimum Gasteiger partial charge on any atom is -0.380 e. The predicted octanol–water partition coefficient (Wildman–Crippen LogP) is 1.93. The van der Waals surface area contributed by atoms with E-state index >= 15 is 0 Å². The van der Waals surface area contributed by atoms with Crippen molar-refractivity contribution in [3.8, 4) is 12.1 Å². The molecule has 1 unspecified atom stereocenters. The topological polar surface area (TPSA) is 106 Å². The first-order valence-corrected chi connectivity index (χ1v) is 7.37. The molecule has 1 aliphatic heterocycles. The number of nitriles is 2. The molecule has 2 N–H and O–H groups in total. The van der Waals surface area contributed by atoms with Crippen LogP contribution < -0.4 is 5.32 Å². The molecule has 7 heteroatoms. The van der Waals surface area contributed by atoms with E-state index < -0.39 is 0 Å². The van der Waals surface area contributed by atoms with E-state index in [1.54, 1.807) is 12.4 Å². The number of nitrogens with zero attached hydrogens (tertiary/aromatic N) is 5. The molecule has 4 heterocycles. The van der Waals surface area contributed by atoms with Gasteiger partial charge in [-0.2, -0.15) is 10.5 Å². The molecule has 0 fully saturated rings. The van der Waals surface area contributed by atoms with Crippen LogP contribution in [0, 0.1) is 22.7 Å². The fraction of sp³-hybridized carbons (Fsp3) is 0.250. The minimum atomic E-state index is 0.170. The number of H-pyrrole nitrogens is 1. The van der Waals surface area contributed by atoms with Crippen molar-refractivity contribution in [2.45, 2.75) is 25.4 Å². The maximum Gasteiger partial charge on any atom is 0.158 e. The molecule has 0 saturated carbocycles. The molecular weight excluding hydrogens is 290 g/mol. The molecule has 1 aliphatic rings. The first-order valence-electron chi connectivity index (χ1n) is 7.37. The molecule has 0 aromatic carbocycles. The van der Waals surface area contributed by atoms with E-state index in [2.05, 4.69) is 32.4 Å². The van der Waals surface area contributed by atoms with Gasteiger partial charge in [0.05, 0.1) is 11.3 Å². The van der Waals surface area contributed by atoms with E-state index in [1.165, 1.54) is 0 Å². The van der Waals surface area contributed by atoms with Crippen molar-refractivity contribution in [3.63, 3.8) is 0 Å². The number of rotatable bonds is 2. The highest BCUT2D eigenvalue weighted by atomic mass is 15.1. The van der Waals surface area contributed by atoms with Gasteiger partial charge in [-0.25, -0.2) is 9.97 Å². The molecule has 7 nitrogen and oxygen atoms in total. The third-order valence-electron chi connectivity index (χ3n) is 4.18. The van der Waals surface area contributed by atoms with Crippen LogP contribution >= 0.6 is 0 Å². The number of hydrogen-bond acceptors (Lipinski definition) is 5. The summed E-state index contributed by atoms with van der Waals surface area (Å²) < 4.78 is 2.03. The first kappa shape index (κ1) is 13.4. The molecule has 0 bridgehead atoms. The molecule has 23 heavy (non-hydrogen) atoms. The monoisotopic (exact) mass is 303 g/mol. The maximum atomic E-state index is 9.35. The van der Waals surface area contributed by atoms with Crippen LogP contribution in [0.5, 0.6) is 0 Å². The van der Waals surface area contributed by atoms with Crippen molar-refractivity contribution >= 4 is 16.7 Å². The van der Waals surface area contributed by atoms with Crippen LogP contribution in [0.15, 0.2) is 24.7 Å². The van der Waals surface area contributed by atoms with Crippen molar-refractivity contribution in [2.75, 3.05) is 5.32 Å². The smallest absolute Gasteiger partial charge is 0.158 e. The van der Waals surface area contributed by atoms with Gasteiger partial charge in [-0.15, -0.1) is 0 Å². The molecule has 0 radical (unpaired) electrons. The molecule has 0 spiro atoms. The highest BCUT2D eigenvalue weighted by Gasteiger charge is 2.22. The van der Waals surface area contributed by atoms with Gasteiger partial charge in [0.2, 0.25) is 0 Å². The van der Waals surface area contributed by atoms with Gasteiger partial charge >= 0.3 is 0 Å². The number of aromatic nitrogens is 4. The molecule has 3 aromatic heterocycles. The lowest BCUT2D eigenvalue weighted by Crippen LogP contribution is -2.30. The average molecular weight is 303 g/mol. The maximum absolute atomic E-state index is 9.35. The first-order chi connectivity index (χ1) is 11.3. The normalized spacial score (nSPS) is 16.5. The molecule has 112 valence electrons. The second-order valence-electron chi connectivity index (χ2n) is 5.58. The highest BCUT2D eigenvalue weighted by molar-refractivity contribution is 5.92. The summed E-state index contributed by atoms with van der Waals surface area (Å²) in [6, 6.07) is 6.37. The number of nitrogens with one attached hydrogen (secondary N) is 2. The van der Waals surface area contributed by atoms with Crippen LogP contribution in [0.3, 0.4) is 0 Å². The Kier molecular flexibility index (Phi) is 2.99. The van der Waals surface area contributed by atoms with Crippen LogP contribution in [-0.2, 0) is 13.0 Å². The summed E-state index contributed by atoms with van der Waals surface area (Å²) in [7, 11) is 0. The van der Waals surface area contributed by atoms with Gasteiger partial charge < -0.3 is 14.9 Å². The Bertz CT molecular complexity index is 967. The number of aryl methyl sites for hydroxylation is 1. The average Bonchev–Trinajstić information content (AvgIpc) is 3.20. The zero-order chi connectivity index (χ0) is 15.8. The summed E-state index contributed by atoms with van der Waals surface area (Å²) >= 11 is 0. The Hall–Kier alpha value is -3.32. The SMILES string of the molecule is N#Cc1cn2c(n1)CC(Nc1c(C#N)cnc3[nH]ccc13)CC2. The second-order valence-corrected chi connectivity index (χ2v) is 5.58. The Labute approximate surface area is 132 Å². The number of fused-ring (bicyclic) bond motifs is 2. The van der Waals surface area contributed by atoms with Crippen LogP contribution in [0.1, 0.15) is 23.5 Å². The lowest BCUT2D eigenvalue weighted by molar-refractivity contribution is 0.484. The highest BCUT2D eigenvalue weighted by Crippen LogP contribution is 2.27. The Morgan fingerprint density at radius 3 is 3.09 bits per heavy atom. The van der Waals surface area contributed by atoms with Crippen molar-refractivity contribution in [1.82, 2.24) is 19.5 Å². The summed E-state index contributed by atoms with van der Waals surface area (Å²) in [4.78, 5) is 11.6. The van der Waals surface area contributed by atoms with Gasteiger partial charge in [-0.05, 0) is 12.5 Å². The number of pyridine rings is 1. The van der Waals surface area contributed by atoms with E-state index in [0.29, 0.717) is 11.3 Å². The largest absolute Gasteiger partial charge is 0.380 e. The van der Waals surface area contributed by atoms with Gasteiger partial charge in [-0.1, -0.05) is 0 Å². The number of anilines is 1. The summed E-state index contributed by atoms with van der Waals surface area (Å²) in [5.74, 6) is 0.906. The zero-order valence-electron chi connectivity index (χ0n) is 12.2. The van der Waals surface area contributed by atoms with Gasteiger partial charge in [0.1, 0.15) is 23.6 Å². The minimum absolute atomic E-state index is 0.170. The van der Waals surface area contributed by atoms with Gasteiger partial charge in [0, 0.05) is 43.0 Å². The van der Waals surface area contributed by atoms with Crippen molar-refractivity contribution in [1.29, 1.82) is 10.5 Å². The van der Waals surface area contributed by atoms with E-state index in [0.717, 1.165) is 41.9 Å². The number of hydrogen-bond donors (Lipinski definition) is 2. The third-order valence-corrected chi connectivity index (χ3v) is 4.18. The predicted molar refractivity (Wildman–Crippen MR) is 83.5 cm³/mol. The van der Waals surface area contributed by atoms with Gasteiger partial charge in [0.15, 0.2) is 5.69 Å². The molecule has 0 amide bonds. The van der Waals surface area contributed by atoms with Gasteiger partial charge in [0.25, 0.3) is 0 Å². The fourth-order valence-corrected chi connectivity index (χ4v) is 3.06. The Balaban J connectivity index is 1.66. The van der Waals surface area contributed by atoms with Crippen molar-refractivity contribution in [3.05, 3.63) is 41.7 Å². The molecule has 3 aromatic rings. The van der Waals surface area contributed by atoms with Crippen LogP contribution in [-0.4, -0.2) is 25.6 Å². The summed E-state index contributed by atoms with van der Waals surface area (Å²) in [5, 5.41) is 22.7.